The average molecular weight is 358 g/mol. The highest BCUT2D eigenvalue weighted by Gasteiger charge is 2.25. The first kappa shape index (κ1) is 17.8. The summed E-state index contributed by atoms with van der Waals surface area (Å²) in [6, 6.07) is 2.85. The lowest BCUT2D eigenvalue weighted by Gasteiger charge is -2.26. The molecule has 0 fully saturated rings. The van der Waals surface area contributed by atoms with Crippen molar-refractivity contribution in [1.82, 2.24) is 30.4 Å². The number of aromatic hydroxyl groups is 1. The number of nitrogens with one attached hydrogen (secondary N) is 2. The first-order valence-corrected chi connectivity index (χ1v) is 8.59. The topological polar surface area (TPSA) is 122 Å². The molecule has 138 valence electrons. The number of aryl methyl sites for hydroxylation is 1. The third-order valence-corrected chi connectivity index (χ3v) is 4.27. The standard InChI is InChI=1S/C17H22N6O3/c1-10(2)16-22-21-13-6-5-11(9-23(13)16)20-14(25)8-19-17(26)15-12(24)4-3-7-18-15/h3-4,7,10-11,24H,5-6,8-9H2,1-2H3,(H,19,26)(H,20,25)/t11-/m1/s1. The van der Waals surface area contributed by atoms with E-state index in [-0.39, 0.29) is 35.9 Å². The molecule has 0 unspecified atom stereocenters. The monoisotopic (exact) mass is 358 g/mol. The molecule has 1 atom stereocenters. The maximum absolute atomic E-state index is 12.2. The van der Waals surface area contributed by atoms with Crippen molar-refractivity contribution in [2.24, 2.45) is 0 Å². The van der Waals surface area contributed by atoms with Crippen LogP contribution < -0.4 is 10.6 Å². The summed E-state index contributed by atoms with van der Waals surface area (Å²) in [5, 5.41) is 23.4. The van der Waals surface area contributed by atoms with Crippen LogP contribution in [0.1, 0.15) is 48.3 Å². The molecule has 26 heavy (non-hydrogen) atoms. The molecule has 9 nitrogen and oxygen atoms in total. The number of amides is 2. The zero-order valence-corrected chi connectivity index (χ0v) is 14.8. The van der Waals surface area contributed by atoms with Crippen molar-refractivity contribution < 1.29 is 14.7 Å². The molecule has 0 saturated heterocycles. The van der Waals surface area contributed by atoms with E-state index >= 15 is 0 Å². The Kier molecular flexibility index (Phi) is 5.15. The highest BCUT2D eigenvalue weighted by atomic mass is 16.3. The molecular formula is C17H22N6O3. The molecule has 2 aromatic rings. The first-order chi connectivity index (χ1) is 12.5. The smallest absolute Gasteiger partial charge is 0.274 e. The molecule has 1 aliphatic rings. The summed E-state index contributed by atoms with van der Waals surface area (Å²) in [5.74, 6) is 1.01. The van der Waals surface area contributed by atoms with Gasteiger partial charge in [-0.05, 0) is 18.6 Å². The van der Waals surface area contributed by atoms with E-state index in [2.05, 4.69) is 44.2 Å². The van der Waals surface area contributed by atoms with Gasteiger partial charge in [-0.25, -0.2) is 4.98 Å². The van der Waals surface area contributed by atoms with Gasteiger partial charge < -0.3 is 20.3 Å². The summed E-state index contributed by atoms with van der Waals surface area (Å²) in [4.78, 5) is 27.9. The van der Waals surface area contributed by atoms with Crippen molar-refractivity contribution in [2.45, 2.75) is 45.2 Å². The van der Waals surface area contributed by atoms with Gasteiger partial charge in [0.2, 0.25) is 5.91 Å². The summed E-state index contributed by atoms with van der Waals surface area (Å²) >= 11 is 0. The largest absolute Gasteiger partial charge is 0.505 e. The molecule has 2 aromatic heterocycles. The summed E-state index contributed by atoms with van der Waals surface area (Å²) < 4.78 is 2.06. The summed E-state index contributed by atoms with van der Waals surface area (Å²) in [6.07, 6.45) is 2.93. The quantitative estimate of drug-likeness (QED) is 0.709. The Bertz CT molecular complexity index is 817. The maximum Gasteiger partial charge on any atom is 0.274 e. The molecule has 0 bridgehead atoms. The number of fused-ring (bicyclic) bond motifs is 1. The fraction of sp³-hybridized carbons (Fsp3) is 0.471. The third-order valence-electron chi connectivity index (χ3n) is 4.27. The number of carbonyl (C=O) groups is 2. The molecule has 2 amide bonds. The molecule has 9 heteroatoms. The van der Waals surface area contributed by atoms with Crippen LogP contribution in [0.2, 0.25) is 0 Å². The van der Waals surface area contributed by atoms with Gasteiger partial charge in [-0.1, -0.05) is 13.8 Å². The van der Waals surface area contributed by atoms with Gasteiger partial charge in [0.25, 0.3) is 5.91 Å². The van der Waals surface area contributed by atoms with Crippen LogP contribution in [0.3, 0.4) is 0 Å². The van der Waals surface area contributed by atoms with E-state index in [0.29, 0.717) is 6.54 Å². The Morgan fingerprint density at radius 2 is 2.19 bits per heavy atom. The molecule has 0 spiro atoms. The Balaban J connectivity index is 1.53. The van der Waals surface area contributed by atoms with Gasteiger partial charge in [-0.2, -0.15) is 0 Å². The van der Waals surface area contributed by atoms with E-state index in [1.165, 1.54) is 18.3 Å². The van der Waals surface area contributed by atoms with E-state index in [1.807, 2.05) is 0 Å². The van der Waals surface area contributed by atoms with E-state index in [1.54, 1.807) is 0 Å². The minimum absolute atomic E-state index is 0.0383. The third kappa shape index (κ3) is 3.81. The number of hydrogen-bond donors (Lipinski definition) is 3. The van der Waals surface area contributed by atoms with E-state index in [9.17, 15) is 14.7 Å². The lowest BCUT2D eigenvalue weighted by molar-refractivity contribution is -0.121. The highest BCUT2D eigenvalue weighted by molar-refractivity contribution is 5.96. The second kappa shape index (κ2) is 7.51. The zero-order chi connectivity index (χ0) is 18.7. The second-order valence-corrected chi connectivity index (χ2v) is 6.60. The Morgan fingerprint density at radius 3 is 2.92 bits per heavy atom. The molecule has 3 N–H and O–H groups in total. The van der Waals surface area contributed by atoms with Gasteiger partial charge in [0.15, 0.2) is 5.69 Å². The van der Waals surface area contributed by atoms with E-state index in [0.717, 1.165) is 24.5 Å². The van der Waals surface area contributed by atoms with Crippen molar-refractivity contribution in [1.29, 1.82) is 0 Å². The predicted molar refractivity (Wildman–Crippen MR) is 92.6 cm³/mol. The van der Waals surface area contributed by atoms with Crippen LogP contribution in [-0.2, 0) is 17.8 Å². The molecule has 3 rings (SSSR count). The van der Waals surface area contributed by atoms with Crippen LogP contribution in [0.5, 0.6) is 5.75 Å². The van der Waals surface area contributed by atoms with Crippen LogP contribution in [-0.4, -0.2) is 49.3 Å². The van der Waals surface area contributed by atoms with Gasteiger partial charge in [-0.3, -0.25) is 9.59 Å². The lowest BCUT2D eigenvalue weighted by atomic mass is 10.1. The highest BCUT2D eigenvalue weighted by Crippen LogP contribution is 2.20. The molecule has 0 aromatic carbocycles. The van der Waals surface area contributed by atoms with Crippen molar-refractivity contribution in [3.05, 3.63) is 35.7 Å². The maximum atomic E-state index is 12.2. The van der Waals surface area contributed by atoms with Crippen molar-refractivity contribution in [3.8, 4) is 5.75 Å². The summed E-state index contributed by atoms with van der Waals surface area (Å²) in [5.41, 5.74) is -0.103. The van der Waals surface area contributed by atoms with Crippen LogP contribution in [0, 0.1) is 0 Å². The predicted octanol–water partition coefficient (Wildman–Crippen LogP) is 0.363. The average Bonchev–Trinajstić information content (AvgIpc) is 3.03. The normalized spacial score (nSPS) is 16.2. The first-order valence-electron chi connectivity index (χ1n) is 8.59. The molecule has 0 saturated carbocycles. The fourth-order valence-corrected chi connectivity index (χ4v) is 2.99. The Labute approximate surface area is 150 Å². The number of rotatable bonds is 5. The number of carbonyl (C=O) groups excluding carboxylic acids is 2. The molecule has 1 aliphatic heterocycles. The van der Waals surface area contributed by atoms with Gasteiger partial charge >= 0.3 is 0 Å². The summed E-state index contributed by atoms with van der Waals surface area (Å²) in [6.45, 7) is 4.55. The van der Waals surface area contributed by atoms with Gasteiger partial charge in [0, 0.05) is 31.1 Å². The SMILES string of the molecule is CC(C)c1nnc2n1C[C@H](NC(=O)CNC(=O)c1ncccc1O)CC2. The Morgan fingerprint density at radius 1 is 1.38 bits per heavy atom. The second-order valence-electron chi connectivity index (χ2n) is 6.60. The van der Waals surface area contributed by atoms with Crippen molar-refractivity contribution >= 4 is 11.8 Å². The zero-order valence-electron chi connectivity index (χ0n) is 14.8. The number of hydrogen-bond acceptors (Lipinski definition) is 6. The number of nitrogens with zero attached hydrogens (tertiary/aromatic N) is 4. The number of pyridine rings is 1. The van der Waals surface area contributed by atoms with Gasteiger partial charge in [0.05, 0.1) is 6.54 Å². The Hall–Kier alpha value is -2.97. The summed E-state index contributed by atoms with van der Waals surface area (Å²) in [7, 11) is 0. The molecular weight excluding hydrogens is 336 g/mol. The molecule has 0 aliphatic carbocycles. The van der Waals surface area contributed by atoms with Crippen molar-refractivity contribution in [2.75, 3.05) is 6.54 Å². The fourth-order valence-electron chi connectivity index (χ4n) is 2.99. The van der Waals surface area contributed by atoms with Crippen molar-refractivity contribution in [3.63, 3.8) is 0 Å². The molecule has 3 heterocycles. The van der Waals surface area contributed by atoms with Crippen LogP contribution in [0.15, 0.2) is 18.3 Å². The van der Waals surface area contributed by atoms with Gasteiger partial charge in [0.1, 0.15) is 17.4 Å². The van der Waals surface area contributed by atoms with Crippen LogP contribution in [0.4, 0.5) is 0 Å². The van der Waals surface area contributed by atoms with Crippen LogP contribution in [0.25, 0.3) is 0 Å². The van der Waals surface area contributed by atoms with Gasteiger partial charge in [-0.15, -0.1) is 10.2 Å². The lowest BCUT2D eigenvalue weighted by Crippen LogP contribution is -2.45. The van der Waals surface area contributed by atoms with Crippen LogP contribution >= 0.6 is 0 Å². The minimum atomic E-state index is -0.593. The molecule has 0 radical (unpaired) electrons. The number of aromatic nitrogens is 4. The minimum Gasteiger partial charge on any atom is -0.505 e. The van der Waals surface area contributed by atoms with E-state index < -0.39 is 5.91 Å². The van der Waals surface area contributed by atoms with E-state index in [4.69, 9.17) is 0 Å².